The Morgan fingerprint density at radius 2 is 1.77 bits per heavy atom. The zero-order chi connectivity index (χ0) is 29.6. The van der Waals surface area contributed by atoms with Gasteiger partial charge in [-0.2, -0.15) is 13.7 Å². The van der Waals surface area contributed by atoms with Gasteiger partial charge in [-0.3, -0.25) is 19.7 Å². The predicted octanol–water partition coefficient (Wildman–Crippen LogP) is 4.95. The summed E-state index contributed by atoms with van der Waals surface area (Å²) in [5, 5.41) is 25.7. The number of carbonyl (C=O) groups is 2. The van der Waals surface area contributed by atoms with E-state index in [1.807, 2.05) is 0 Å². The van der Waals surface area contributed by atoms with Crippen LogP contribution in [0.3, 0.4) is 0 Å². The van der Waals surface area contributed by atoms with E-state index in [9.17, 15) is 33.4 Å². The molecule has 0 saturated carbocycles. The van der Waals surface area contributed by atoms with Crippen LogP contribution in [0.5, 0.6) is 11.5 Å². The molecule has 0 bridgehead atoms. The van der Waals surface area contributed by atoms with E-state index < -0.39 is 20.9 Å². The molecule has 0 atom stereocenters. The van der Waals surface area contributed by atoms with Crippen LogP contribution in [0, 0.1) is 28.4 Å². The second kappa shape index (κ2) is 12.4. The van der Waals surface area contributed by atoms with E-state index in [2.05, 4.69) is 26.6 Å². The van der Waals surface area contributed by atoms with Crippen molar-refractivity contribution >= 4 is 61.0 Å². The van der Waals surface area contributed by atoms with Gasteiger partial charge in [0.2, 0.25) is 5.91 Å². The maximum Gasteiger partial charge on any atom is 0.339 e. The molecule has 0 radical (unpaired) electrons. The second-order valence-corrected chi connectivity index (χ2v) is 10.6. The number of carbonyl (C=O) groups excluding carboxylic acids is 2. The summed E-state index contributed by atoms with van der Waals surface area (Å²) in [4.78, 5) is 34.2. The largest absolute Gasteiger partial charge is 0.493 e. The highest BCUT2D eigenvalue weighted by Gasteiger charge is 2.23. The number of nitriles is 1. The zero-order valence-corrected chi connectivity index (χ0v) is 23.6. The monoisotopic (exact) mass is 628 g/mol. The first-order valence-electron chi connectivity index (χ1n) is 11.2. The lowest BCUT2D eigenvalue weighted by atomic mass is 10.1. The van der Waals surface area contributed by atoms with Crippen molar-refractivity contribution in [3.05, 3.63) is 85.9 Å². The van der Waals surface area contributed by atoms with Crippen LogP contribution in [0.2, 0.25) is 0 Å². The number of hydrogen-bond donors (Lipinski definition) is 2. The molecule has 40 heavy (non-hydrogen) atoms. The van der Waals surface area contributed by atoms with Crippen LogP contribution in [0.4, 0.5) is 17.1 Å². The van der Waals surface area contributed by atoms with E-state index in [0.29, 0.717) is 11.3 Å². The number of amides is 2. The van der Waals surface area contributed by atoms with Crippen LogP contribution in [-0.4, -0.2) is 32.3 Å². The summed E-state index contributed by atoms with van der Waals surface area (Å²) in [6.45, 7) is 2.96. The maximum absolute atomic E-state index is 12.9. The third kappa shape index (κ3) is 7.22. The molecule has 0 aliphatic heterocycles. The molecular weight excluding hydrogens is 608 g/mol. The quantitative estimate of drug-likeness (QED) is 0.109. The van der Waals surface area contributed by atoms with E-state index in [0.717, 1.165) is 0 Å². The summed E-state index contributed by atoms with van der Waals surface area (Å²) in [6.07, 6.45) is 1.23. The molecule has 3 aromatic rings. The van der Waals surface area contributed by atoms with Crippen molar-refractivity contribution in [2.45, 2.75) is 18.7 Å². The molecule has 3 rings (SSSR count). The zero-order valence-electron chi connectivity index (χ0n) is 21.2. The van der Waals surface area contributed by atoms with Gasteiger partial charge in [-0.1, -0.05) is 6.07 Å². The van der Waals surface area contributed by atoms with E-state index in [1.165, 1.54) is 74.7 Å². The Morgan fingerprint density at radius 1 is 1.10 bits per heavy atom. The summed E-state index contributed by atoms with van der Waals surface area (Å²) in [7, 11) is -3.04. The first-order valence-corrected chi connectivity index (χ1v) is 13.4. The van der Waals surface area contributed by atoms with Gasteiger partial charge in [0, 0.05) is 24.7 Å². The standard InChI is InChI=1S/C26H21BrN4O8S/c1-15-4-7-20(31(34)35)13-23(15)30-26(33)18(14-28)10-17-11-22(27)25(24(12-17)38-3)39-40(36,37)21-8-5-19(6-9-21)29-16(2)32/h4-13H,1-3H3,(H,29,32)(H,30,33)/b18-10+. The number of ether oxygens (including phenoxy) is 1. The predicted molar refractivity (Wildman–Crippen MR) is 149 cm³/mol. The van der Waals surface area contributed by atoms with Crippen LogP contribution in [0.1, 0.15) is 18.1 Å². The molecule has 0 aliphatic carbocycles. The van der Waals surface area contributed by atoms with Gasteiger partial charge in [-0.25, -0.2) is 0 Å². The molecule has 0 aliphatic rings. The Balaban J connectivity index is 1.89. The molecule has 3 aromatic carbocycles. The number of nitrogens with zero attached hydrogens (tertiary/aromatic N) is 2. The molecule has 0 aromatic heterocycles. The van der Waals surface area contributed by atoms with Gasteiger partial charge in [0.1, 0.15) is 16.5 Å². The van der Waals surface area contributed by atoms with Gasteiger partial charge in [0.05, 0.1) is 22.2 Å². The van der Waals surface area contributed by atoms with Crippen LogP contribution >= 0.6 is 15.9 Å². The van der Waals surface area contributed by atoms with Crippen molar-refractivity contribution in [3.63, 3.8) is 0 Å². The minimum atomic E-state index is -4.32. The summed E-state index contributed by atoms with van der Waals surface area (Å²) in [6, 6.07) is 13.8. The Kier molecular flexibility index (Phi) is 9.25. The van der Waals surface area contributed by atoms with Crippen molar-refractivity contribution in [1.29, 1.82) is 5.26 Å². The molecule has 0 unspecified atom stereocenters. The van der Waals surface area contributed by atoms with Crippen molar-refractivity contribution in [2.75, 3.05) is 17.7 Å². The highest BCUT2D eigenvalue weighted by molar-refractivity contribution is 9.10. The fourth-order valence-electron chi connectivity index (χ4n) is 3.33. The normalized spacial score (nSPS) is 11.2. The van der Waals surface area contributed by atoms with Gasteiger partial charge in [-0.15, -0.1) is 0 Å². The summed E-state index contributed by atoms with van der Waals surface area (Å²) < 4.78 is 36.5. The van der Waals surface area contributed by atoms with Crippen LogP contribution in [0.15, 0.2) is 69.5 Å². The number of nitrogens with one attached hydrogen (secondary N) is 2. The number of nitro groups is 1. The van der Waals surface area contributed by atoms with Crippen molar-refractivity contribution < 1.29 is 31.9 Å². The SMILES string of the molecule is COc1cc(/C=C(\C#N)C(=O)Nc2cc([N+](=O)[O-])ccc2C)cc(Br)c1OS(=O)(=O)c1ccc(NC(C)=O)cc1. The van der Waals surface area contributed by atoms with Crippen LogP contribution in [-0.2, 0) is 19.7 Å². The van der Waals surface area contributed by atoms with Crippen molar-refractivity contribution in [1.82, 2.24) is 0 Å². The summed E-state index contributed by atoms with van der Waals surface area (Å²) in [5.41, 5.74) is 0.841. The Bertz CT molecular complexity index is 1680. The number of rotatable bonds is 9. The number of halogens is 1. The van der Waals surface area contributed by atoms with Crippen molar-refractivity contribution in [2.24, 2.45) is 0 Å². The van der Waals surface area contributed by atoms with Gasteiger partial charge >= 0.3 is 10.1 Å². The summed E-state index contributed by atoms with van der Waals surface area (Å²) >= 11 is 3.24. The number of anilines is 2. The van der Waals surface area contributed by atoms with Crippen molar-refractivity contribution in [3.8, 4) is 17.6 Å². The molecule has 2 N–H and O–H groups in total. The number of benzene rings is 3. The highest BCUT2D eigenvalue weighted by atomic mass is 79.9. The molecule has 206 valence electrons. The molecule has 2 amide bonds. The fraction of sp³-hybridized carbons (Fsp3) is 0.115. The average molecular weight is 629 g/mol. The molecule has 0 heterocycles. The maximum atomic E-state index is 12.9. The fourth-order valence-corrected chi connectivity index (χ4v) is 4.94. The van der Waals surface area contributed by atoms with Crippen LogP contribution < -0.4 is 19.6 Å². The van der Waals surface area contributed by atoms with E-state index in [4.69, 9.17) is 8.92 Å². The average Bonchev–Trinajstić information content (AvgIpc) is 2.89. The topological polar surface area (TPSA) is 178 Å². The lowest BCUT2D eigenvalue weighted by Gasteiger charge is -2.14. The number of nitro benzene ring substituents is 1. The first-order chi connectivity index (χ1) is 18.8. The number of hydrogen-bond acceptors (Lipinski definition) is 9. The molecule has 0 spiro atoms. The Hall–Kier alpha value is -4.74. The minimum Gasteiger partial charge on any atom is -0.493 e. The number of aryl methyl sites for hydroxylation is 1. The number of methoxy groups -OCH3 is 1. The molecular formula is C26H21BrN4O8S. The third-order valence-electron chi connectivity index (χ3n) is 5.26. The van der Waals surface area contributed by atoms with Gasteiger partial charge in [-0.05, 0) is 76.5 Å². The molecule has 14 heteroatoms. The lowest BCUT2D eigenvalue weighted by molar-refractivity contribution is -0.384. The number of non-ortho nitro benzene ring substituents is 1. The first kappa shape index (κ1) is 29.8. The summed E-state index contributed by atoms with van der Waals surface area (Å²) in [5.74, 6) is -1.33. The Labute approximate surface area is 237 Å². The van der Waals surface area contributed by atoms with E-state index in [1.54, 1.807) is 13.0 Å². The molecule has 0 saturated heterocycles. The van der Waals surface area contributed by atoms with Gasteiger partial charge < -0.3 is 19.6 Å². The highest BCUT2D eigenvalue weighted by Crippen LogP contribution is 2.39. The third-order valence-corrected chi connectivity index (χ3v) is 7.09. The molecule has 12 nitrogen and oxygen atoms in total. The lowest BCUT2D eigenvalue weighted by Crippen LogP contribution is -2.14. The second-order valence-electron chi connectivity index (χ2n) is 8.16. The Morgan fingerprint density at radius 3 is 2.35 bits per heavy atom. The minimum absolute atomic E-state index is 0.0220. The van der Waals surface area contributed by atoms with E-state index >= 15 is 0 Å². The van der Waals surface area contributed by atoms with E-state index in [-0.39, 0.29) is 49.3 Å². The van der Waals surface area contributed by atoms with Crippen LogP contribution in [0.25, 0.3) is 6.08 Å². The van der Waals surface area contributed by atoms with Gasteiger partial charge in [0.25, 0.3) is 11.6 Å². The molecule has 0 fully saturated rings. The smallest absolute Gasteiger partial charge is 0.339 e. The van der Waals surface area contributed by atoms with Gasteiger partial charge in [0.15, 0.2) is 11.5 Å².